The molecule has 0 aliphatic heterocycles. The van der Waals surface area contributed by atoms with Gasteiger partial charge in [-0.25, -0.2) is 0 Å². The van der Waals surface area contributed by atoms with Crippen LogP contribution in [0.5, 0.6) is 0 Å². The monoisotopic (exact) mass is 300 g/mol. The lowest BCUT2D eigenvalue weighted by Crippen LogP contribution is -2.42. The number of benzene rings is 1. The number of hydrogen-bond donors (Lipinski definition) is 2. The lowest BCUT2D eigenvalue weighted by atomic mass is 10.2. The number of amides is 1. The van der Waals surface area contributed by atoms with Crippen LogP contribution in [-0.4, -0.2) is 46.1 Å². The van der Waals surface area contributed by atoms with Crippen molar-refractivity contribution >= 4 is 22.8 Å². The Morgan fingerprint density at radius 3 is 2.48 bits per heavy atom. The van der Waals surface area contributed by atoms with Crippen molar-refractivity contribution in [3.05, 3.63) is 36.0 Å². The highest BCUT2D eigenvalue weighted by molar-refractivity contribution is 5.99. The number of aromatic nitrogens is 1. The van der Waals surface area contributed by atoms with Gasteiger partial charge in [0.15, 0.2) is 0 Å². The van der Waals surface area contributed by atoms with Gasteiger partial charge in [-0.05, 0) is 12.1 Å². The molecule has 0 aliphatic carbocycles. The first-order valence-corrected chi connectivity index (χ1v) is 5.92. The van der Waals surface area contributed by atoms with E-state index in [1.807, 2.05) is 0 Å². The van der Waals surface area contributed by atoms with Gasteiger partial charge in [-0.3, -0.25) is 9.59 Å². The normalized spacial score (nSPS) is 11.6. The summed E-state index contributed by atoms with van der Waals surface area (Å²) in [6.07, 6.45) is -4.67. The summed E-state index contributed by atoms with van der Waals surface area (Å²) in [6, 6.07) is 8.17. The number of nitrogens with zero attached hydrogens (tertiary/aromatic N) is 1. The summed E-state index contributed by atoms with van der Waals surface area (Å²) in [5.41, 5.74) is 0.504. The van der Waals surface area contributed by atoms with Crippen molar-refractivity contribution in [3.8, 4) is 0 Å². The summed E-state index contributed by atoms with van der Waals surface area (Å²) in [4.78, 5) is 25.6. The molecule has 1 aromatic heterocycles. The molecule has 2 aromatic rings. The molecule has 0 radical (unpaired) electrons. The van der Waals surface area contributed by atoms with Gasteiger partial charge in [0, 0.05) is 10.9 Å². The average molecular weight is 300 g/mol. The fourth-order valence-corrected chi connectivity index (χ4v) is 1.94. The van der Waals surface area contributed by atoms with E-state index in [1.54, 1.807) is 24.3 Å². The van der Waals surface area contributed by atoms with Crippen LogP contribution in [-0.2, 0) is 4.79 Å². The van der Waals surface area contributed by atoms with Gasteiger partial charge in [0.05, 0.1) is 0 Å². The molecule has 0 saturated carbocycles. The van der Waals surface area contributed by atoms with E-state index in [4.69, 9.17) is 5.11 Å². The Labute approximate surface area is 117 Å². The largest absolute Gasteiger partial charge is 0.480 e. The van der Waals surface area contributed by atoms with Crippen molar-refractivity contribution < 1.29 is 27.9 Å². The van der Waals surface area contributed by atoms with E-state index >= 15 is 0 Å². The molecular weight excluding hydrogens is 289 g/mol. The van der Waals surface area contributed by atoms with Crippen LogP contribution >= 0.6 is 0 Å². The summed E-state index contributed by atoms with van der Waals surface area (Å²) in [5.74, 6) is -2.52. The van der Waals surface area contributed by atoms with Gasteiger partial charge in [-0.2, -0.15) is 13.2 Å². The first-order chi connectivity index (χ1) is 9.76. The van der Waals surface area contributed by atoms with E-state index < -0.39 is 31.1 Å². The highest BCUT2D eigenvalue weighted by Gasteiger charge is 2.34. The number of para-hydroxylation sites is 1. The Hall–Kier alpha value is -2.51. The standard InChI is InChI=1S/C13H11F3N2O3/c14-13(15,16)7-18(6-11(19)20)12(21)10-5-8-3-1-2-4-9(8)17-10/h1-5,17H,6-7H2,(H,19,20). The Morgan fingerprint density at radius 1 is 1.24 bits per heavy atom. The van der Waals surface area contributed by atoms with Crippen LogP contribution in [0.1, 0.15) is 10.5 Å². The first kappa shape index (κ1) is 14.9. The van der Waals surface area contributed by atoms with Gasteiger partial charge in [-0.1, -0.05) is 18.2 Å². The molecule has 2 N–H and O–H groups in total. The minimum absolute atomic E-state index is 0.0818. The highest BCUT2D eigenvalue weighted by atomic mass is 19.4. The minimum Gasteiger partial charge on any atom is -0.480 e. The molecule has 1 heterocycles. The van der Waals surface area contributed by atoms with Gasteiger partial charge in [0.25, 0.3) is 5.91 Å². The SMILES string of the molecule is O=C(O)CN(CC(F)(F)F)C(=O)c1cc2ccccc2[nH]1. The summed E-state index contributed by atoms with van der Waals surface area (Å²) in [6.45, 7) is -2.64. The predicted molar refractivity (Wildman–Crippen MR) is 67.9 cm³/mol. The Balaban J connectivity index is 2.30. The number of fused-ring (bicyclic) bond motifs is 1. The van der Waals surface area contributed by atoms with Crippen molar-refractivity contribution in [2.45, 2.75) is 6.18 Å². The number of nitrogens with one attached hydrogen (secondary N) is 1. The van der Waals surface area contributed by atoms with Gasteiger partial charge < -0.3 is 15.0 Å². The average Bonchev–Trinajstić information content (AvgIpc) is 2.78. The number of carboxylic acids is 1. The van der Waals surface area contributed by atoms with E-state index in [0.717, 1.165) is 0 Å². The molecule has 5 nitrogen and oxygen atoms in total. The molecule has 1 aromatic carbocycles. The van der Waals surface area contributed by atoms with E-state index in [1.165, 1.54) is 6.07 Å². The number of hydrogen-bond acceptors (Lipinski definition) is 2. The zero-order valence-corrected chi connectivity index (χ0v) is 10.6. The molecule has 0 saturated heterocycles. The molecule has 1 amide bonds. The molecule has 112 valence electrons. The van der Waals surface area contributed by atoms with Gasteiger partial charge in [0.2, 0.25) is 0 Å². The number of carbonyl (C=O) groups excluding carboxylic acids is 1. The van der Waals surface area contributed by atoms with Crippen LogP contribution in [0, 0.1) is 0 Å². The van der Waals surface area contributed by atoms with Crippen molar-refractivity contribution in [1.82, 2.24) is 9.88 Å². The zero-order valence-electron chi connectivity index (χ0n) is 10.6. The molecule has 2 rings (SSSR count). The van der Waals surface area contributed by atoms with E-state index in [0.29, 0.717) is 10.9 Å². The number of carbonyl (C=O) groups is 2. The third kappa shape index (κ3) is 3.74. The van der Waals surface area contributed by atoms with Gasteiger partial charge >= 0.3 is 12.1 Å². The summed E-state index contributed by atoms with van der Waals surface area (Å²) in [7, 11) is 0. The fourth-order valence-electron chi connectivity index (χ4n) is 1.94. The lowest BCUT2D eigenvalue weighted by molar-refractivity contribution is -0.149. The second kappa shape index (κ2) is 5.47. The highest BCUT2D eigenvalue weighted by Crippen LogP contribution is 2.20. The topological polar surface area (TPSA) is 73.4 Å². The second-order valence-corrected chi connectivity index (χ2v) is 4.44. The van der Waals surface area contributed by atoms with Gasteiger partial charge in [-0.15, -0.1) is 0 Å². The maximum absolute atomic E-state index is 12.4. The molecule has 0 aliphatic rings. The van der Waals surface area contributed by atoms with Crippen LogP contribution in [0.4, 0.5) is 13.2 Å². The van der Waals surface area contributed by atoms with E-state index in [-0.39, 0.29) is 10.6 Å². The molecule has 21 heavy (non-hydrogen) atoms. The minimum atomic E-state index is -4.67. The smallest absolute Gasteiger partial charge is 0.406 e. The molecule has 8 heteroatoms. The maximum Gasteiger partial charge on any atom is 0.406 e. The second-order valence-electron chi connectivity index (χ2n) is 4.44. The number of H-pyrrole nitrogens is 1. The molecule has 0 spiro atoms. The number of aromatic amines is 1. The molecule has 0 fully saturated rings. The zero-order chi connectivity index (χ0) is 15.6. The van der Waals surface area contributed by atoms with Crippen LogP contribution in [0.25, 0.3) is 10.9 Å². The maximum atomic E-state index is 12.4. The van der Waals surface area contributed by atoms with Crippen molar-refractivity contribution in [2.24, 2.45) is 0 Å². The van der Waals surface area contributed by atoms with E-state index in [9.17, 15) is 22.8 Å². The number of rotatable bonds is 4. The Morgan fingerprint density at radius 2 is 1.90 bits per heavy atom. The fraction of sp³-hybridized carbons (Fsp3) is 0.231. The summed E-state index contributed by atoms with van der Waals surface area (Å²) < 4.78 is 37.3. The van der Waals surface area contributed by atoms with E-state index in [2.05, 4.69) is 4.98 Å². The number of aliphatic carboxylic acids is 1. The number of alkyl halides is 3. The van der Waals surface area contributed by atoms with Crippen molar-refractivity contribution in [2.75, 3.05) is 13.1 Å². The van der Waals surface area contributed by atoms with Crippen LogP contribution in [0.3, 0.4) is 0 Å². The molecule has 0 unspecified atom stereocenters. The van der Waals surface area contributed by atoms with Gasteiger partial charge in [0.1, 0.15) is 18.8 Å². The number of halogens is 3. The third-order valence-electron chi connectivity index (χ3n) is 2.74. The predicted octanol–water partition coefficient (Wildman–Crippen LogP) is 2.26. The number of carboxylic acid groups (broad SMARTS) is 1. The van der Waals surface area contributed by atoms with Crippen molar-refractivity contribution in [3.63, 3.8) is 0 Å². The Bertz CT molecular complexity index is 646. The quantitative estimate of drug-likeness (QED) is 0.909. The van der Waals surface area contributed by atoms with Crippen LogP contribution in [0.15, 0.2) is 30.3 Å². The van der Waals surface area contributed by atoms with Crippen LogP contribution < -0.4 is 0 Å². The molecule has 0 atom stereocenters. The first-order valence-electron chi connectivity index (χ1n) is 5.92. The van der Waals surface area contributed by atoms with Crippen molar-refractivity contribution in [1.29, 1.82) is 0 Å². The lowest BCUT2D eigenvalue weighted by Gasteiger charge is -2.21. The third-order valence-corrected chi connectivity index (χ3v) is 2.74. The van der Waals surface area contributed by atoms with Crippen LogP contribution in [0.2, 0.25) is 0 Å². The Kier molecular flexibility index (Phi) is 3.88. The summed E-state index contributed by atoms with van der Waals surface area (Å²) >= 11 is 0. The molecule has 0 bridgehead atoms. The summed E-state index contributed by atoms with van der Waals surface area (Å²) in [5, 5.41) is 9.30. The molecular formula is C13H11F3N2O3.